The molecular weight excluding hydrogens is 282 g/mol. The highest BCUT2D eigenvalue weighted by Crippen LogP contribution is 2.40. The minimum absolute atomic E-state index is 0.624. The van der Waals surface area contributed by atoms with Gasteiger partial charge in [-0.2, -0.15) is 5.26 Å². The Kier molecular flexibility index (Phi) is 5.03. The lowest BCUT2D eigenvalue weighted by Crippen LogP contribution is -2.34. The highest BCUT2D eigenvalue weighted by molar-refractivity contribution is 5.85. The molecule has 2 unspecified atom stereocenters. The van der Waals surface area contributed by atoms with Crippen molar-refractivity contribution in [3.8, 4) is 6.07 Å². The molecule has 1 aromatic heterocycles. The fourth-order valence-corrected chi connectivity index (χ4v) is 4.17. The Hall–Kier alpha value is -1.79. The van der Waals surface area contributed by atoms with Crippen molar-refractivity contribution in [1.29, 1.82) is 5.26 Å². The second-order valence-electron chi connectivity index (χ2n) is 6.82. The average molecular weight is 309 g/mol. The Morgan fingerprint density at radius 1 is 1.22 bits per heavy atom. The van der Waals surface area contributed by atoms with Crippen molar-refractivity contribution in [2.24, 2.45) is 0 Å². The number of nitriles is 1. The first-order valence-electron chi connectivity index (χ1n) is 9.02. The van der Waals surface area contributed by atoms with Gasteiger partial charge in [0.15, 0.2) is 0 Å². The van der Waals surface area contributed by atoms with Crippen LogP contribution in [0.2, 0.25) is 0 Å². The molecule has 2 atom stereocenters. The Morgan fingerprint density at radius 3 is 2.70 bits per heavy atom. The third-order valence-electron chi connectivity index (χ3n) is 5.23. The van der Waals surface area contributed by atoms with E-state index in [-0.39, 0.29) is 0 Å². The Labute approximate surface area is 139 Å². The van der Waals surface area contributed by atoms with Crippen LogP contribution in [0.5, 0.6) is 0 Å². The summed E-state index contributed by atoms with van der Waals surface area (Å²) in [7, 11) is 0. The quantitative estimate of drug-likeness (QED) is 0.833. The molecule has 0 amide bonds. The van der Waals surface area contributed by atoms with Crippen molar-refractivity contribution in [2.75, 3.05) is 13.1 Å². The van der Waals surface area contributed by atoms with Crippen LogP contribution < -0.4 is 0 Å². The van der Waals surface area contributed by atoms with E-state index in [1.54, 1.807) is 0 Å². The molecule has 0 spiro atoms. The summed E-state index contributed by atoms with van der Waals surface area (Å²) in [5.41, 5.74) is 3.32. The molecule has 1 aliphatic rings. The van der Waals surface area contributed by atoms with E-state index in [9.17, 15) is 0 Å². The number of H-pyrrole nitrogens is 1. The third kappa shape index (κ3) is 3.28. The zero-order valence-corrected chi connectivity index (χ0v) is 14.3. The van der Waals surface area contributed by atoms with Crippen LogP contribution in [0.4, 0.5) is 0 Å². The van der Waals surface area contributed by atoms with E-state index in [0.29, 0.717) is 5.92 Å². The lowest BCUT2D eigenvalue weighted by Gasteiger charge is -2.28. The van der Waals surface area contributed by atoms with Crippen LogP contribution in [0, 0.1) is 11.3 Å². The lowest BCUT2D eigenvalue weighted by molar-refractivity contribution is 0.197. The van der Waals surface area contributed by atoms with E-state index in [2.05, 4.69) is 36.0 Å². The average Bonchev–Trinajstić information content (AvgIpc) is 3.20. The summed E-state index contributed by atoms with van der Waals surface area (Å²) in [6.07, 6.45) is 8.46. The molecule has 1 heterocycles. The molecule has 3 nitrogen and oxygen atoms in total. The normalized spacial score (nSPS) is 21.1. The maximum atomic E-state index is 9.16. The predicted molar refractivity (Wildman–Crippen MR) is 95.5 cm³/mol. The number of benzene rings is 1. The minimum atomic E-state index is 0.624. The summed E-state index contributed by atoms with van der Waals surface area (Å²) < 4.78 is 0. The molecule has 1 aromatic carbocycles. The first kappa shape index (κ1) is 16.1. The fraction of sp³-hybridized carbons (Fsp3) is 0.550. The van der Waals surface area contributed by atoms with Crippen LogP contribution in [0.25, 0.3) is 10.9 Å². The molecule has 2 aromatic rings. The zero-order chi connectivity index (χ0) is 16.2. The zero-order valence-electron chi connectivity index (χ0n) is 14.3. The van der Waals surface area contributed by atoms with Crippen molar-refractivity contribution in [2.45, 2.75) is 57.9 Å². The number of hydrogen-bond donors (Lipinski definition) is 1. The number of aromatic nitrogens is 1. The number of rotatable bonds is 6. The molecule has 0 bridgehead atoms. The van der Waals surface area contributed by atoms with Gasteiger partial charge in [-0.15, -0.1) is 0 Å². The largest absolute Gasteiger partial charge is 0.361 e. The molecular formula is C20H27N3. The van der Waals surface area contributed by atoms with Gasteiger partial charge in [-0.25, -0.2) is 0 Å². The van der Waals surface area contributed by atoms with Crippen LogP contribution in [0.1, 0.15) is 63.0 Å². The predicted octanol–water partition coefficient (Wildman–Crippen LogP) is 4.80. The minimum Gasteiger partial charge on any atom is -0.361 e. The van der Waals surface area contributed by atoms with E-state index < -0.39 is 0 Å². The molecule has 3 rings (SSSR count). The van der Waals surface area contributed by atoms with E-state index in [0.717, 1.165) is 17.1 Å². The van der Waals surface area contributed by atoms with Crippen molar-refractivity contribution in [3.63, 3.8) is 0 Å². The van der Waals surface area contributed by atoms with E-state index in [1.807, 2.05) is 18.2 Å². The van der Waals surface area contributed by atoms with Gasteiger partial charge in [0.05, 0.1) is 11.6 Å². The summed E-state index contributed by atoms with van der Waals surface area (Å²) in [4.78, 5) is 6.08. The maximum Gasteiger partial charge on any atom is 0.0991 e. The van der Waals surface area contributed by atoms with Gasteiger partial charge in [-0.3, -0.25) is 0 Å². The second kappa shape index (κ2) is 7.19. The van der Waals surface area contributed by atoms with Gasteiger partial charge < -0.3 is 9.88 Å². The Morgan fingerprint density at radius 2 is 2.00 bits per heavy atom. The summed E-state index contributed by atoms with van der Waals surface area (Å²) in [6.45, 7) is 6.99. The van der Waals surface area contributed by atoms with Gasteiger partial charge in [0.25, 0.3) is 0 Å². The van der Waals surface area contributed by atoms with Crippen LogP contribution in [0.15, 0.2) is 24.4 Å². The summed E-state index contributed by atoms with van der Waals surface area (Å²) in [6, 6.07) is 8.96. The summed E-state index contributed by atoms with van der Waals surface area (Å²) in [5.74, 6) is 0.624. The Bertz CT molecular complexity index is 688. The summed E-state index contributed by atoms with van der Waals surface area (Å²) in [5, 5.41) is 10.4. The highest BCUT2D eigenvalue weighted by atomic mass is 15.2. The number of aromatic amines is 1. The molecule has 1 N–H and O–H groups in total. The molecule has 1 fully saturated rings. The monoisotopic (exact) mass is 309 g/mol. The van der Waals surface area contributed by atoms with Gasteiger partial charge in [0, 0.05) is 23.1 Å². The van der Waals surface area contributed by atoms with Gasteiger partial charge >= 0.3 is 0 Å². The smallest absolute Gasteiger partial charge is 0.0991 e. The summed E-state index contributed by atoms with van der Waals surface area (Å²) >= 11 is 0. The van der Waals surface area contributed by atoms with Crippen molar-refractivity contribution < 1.29 is 0 Å². The highest BCUT2D eigenvalue weighted by Gasteiger charge is 2.30. The van der Waals surface area contributed by atoms with Gasteiger partial charge in [-0.1, -0.05) is 13.8 Å². The lowest BCUT2D eigenvalue weighted by atomic mass is 9.96. The van der Waals surface area contributed by atoms with Crippen molar-refractivity contribution in [3.05, 3.63) is 35.5 Å². The van der Waals surface area contributed by atoms with E-state index in [1.165, 1.54) is 56.1 Å². The molecule has 3 heteroatoms. The first-order valence-corrected chi connectivity index (χ1v) is 9.02. The van der Waals surface area contributed by atoms with Crippen LogP contribution in [-0.2, 0) is 0 Å². The third-order valence-corrected chi connectivity index (χ3v) is 5.23. The molecule has 1 saturated carbocycles. The number of fused-ring (bicyclic) bond motifs is 1. The van der Waals surface area contributed by atoms with E-state index in [4.69, 9.17) is 5.26 Å². The molecule has 122 valence electrons. The van der Waals surface area contributed by atoms with Crippen LogP contribution >= 0.6 is 0 Å². The van der Waals surface area contributed by atoms with Crippen LogP contribution in [-0.4, -0.2) is 29.0 Å². The Balaban J connectivity index is 1.80. The SMILES string of the molecule is CCCN(CCC)C1CCC(c2c[nH]c3ccc(C#N)cc23)C1. The number of nitrogens with zero attached hydrogens (tertiary/aromatic N) is 2. The fourth-order valence-electron chi connectivity index (χ4n) is 4.17. The maximum absolute atomic E-state index is 9.16. The second-order valence-corrected chi connectivity index (χ2v) is 6.82. The van der Waals surface area contributed by atoms with E-state index >= 15 is 0 Å². The molecule has 23 heavy (non-hydrogen) atoms. The number of hydrogen-bond acceptors (Lipinski definition) is 2. The van der Waals surface area contributed by atoms with Gasteiger partial charge in [0.1, 0.15) is 0 Å². The van der Waals surface area contributed by atoms with Gasteiger partial charge in [-0.05, 0) is 74.9 Å². The number of nitrogens with one attached hydrogen (secondary N) is 1. The van der Waals surface area contributed by atoms with Crippen molar-refractivity contribution >= 4 is 10.9 Å². The molecule has 0 radical (unpaired) electrons. The molecule has 1 aliphatic carbocycles. The first-order chi connectivity index (χ1) is 11.3. The van der Waals surface area contributed by atoms with Crippen molar-refractivity contribution in [1.82, 2.24) is 9.88 Å². The molecule has 0 saturated heterocycles. The standard InChI is InChI=1S/C20H27N3/c1-3-9-23(10-4-2)17-7-6-16(12-17)19-14-22-20-8-5-15(13-21)11-18(19)20/h5,8,11,14,16-17,22H,3-4,6-7,9-10,12H2,1-2H3. The topological polar surface area (TPSA) is 42.8 Å². The van der Waals surface area contributed by atoms with Gasteiger partial charge in [0.2, 0.25) is 0 Å². The van der Waals surface area contributed by atoms with Crippen LogP contribution in [0.3, 0.4) is 0 Å². The molecule has 0 aliphatic heterocycles.